The van der Waals surface area contributed by atoms with Gasteiger partial charge in [0.15, 0.2) is 5.78 Å². The predicted octanol–water partition coefficient (Wildman–Crippen LogP) is 3.95. The zero-order valence-electron chi connectivity index (χ0n) is 17.6. The lowest BCUT2D eigenvalue weighted by Gasteiger charge is -2.34. The van der Waals surface area contributed by atoms with Crippen molar-refractivity contribution in [1.29, 1.82) is 0 Å². The minimum Gasteiger partial charge on any atom is -0.378 e. The molecule has 1 N–H and O–H groups in total. The number of morpholine rings is 1. The molecule has 4 rings (SSSR count). The van der Waals surface area contributed by atoms with Crippen molar-refractivity contribution in [3.05, 3.63) is 76.8 Å². The Morgan fingerprint density at radius 1 is 0.938 bits per heavy atom. The molecule has 2 unspecified atom stereocenters. The topological polar surface area (TPSA) is 75.7 Å². The molecule has 2 aromatic rings. The Bertz CT molecular complexity index is 1030. The van der Waals surface area contributed by atoms with Gasteiger partial charge in [-0.2, -0.15) is 0 Å². The second-order valence-corrected chi connectivity index (χ2v) is 8.40. The molecule has 2 aromatic carbocycles. The molecule has 1 fully saturated rings. The number of carbonyl (C=O) groups is 3. The molecule has 0 radical (unpaired) electrons. The number of halogens is 1. The van der Waals surface area contributed by atoms with Gasteiger partial charge in [-0.3, -0.25) is 14.4 Å². The summed E-state index contributed by atoms with van der Waals surface area (Å²) in [6.07, 6.45) is 4.89. The molecule has 1 aliphatic heterocycles. The number of amides is 2. The standard InChI is InChI=1S/C25H25ClN2O4/c26-18-10-11-22(21(16-18)23(29)17-6-2-1-3-7-17)27-24(30)19-8-4-5-9-20(19)25(31)28-12-14-32-15-13-28/h1-7,10-11,16,19-20H,8-9,12-15H2,(H,27,30). The number of hydrogen-bond donors (Lipinski definition) is 1. The fraction of sp³-hybridized carbons (Fsp3) is 0.320. The normalized spacial score (nSPS) is 20.6. The van der Waals surface area contributed by atoms with Crippen LogP contribution in [0.25, 0.3) is 0 Å². The van der Waals surface area contributed by atoms with E-state index in [1.807, 2.05) is 18.2 Å². The number of nitrogens with zero attached hydrogens (tertiary/aromatic N) is 1. The van der Waals surface area contributed by atoms with Crippen LogP contribution in [0.1, 0.15) is 28.8 Å². The van der Waals surface area contributed by atoms with Gasteiger partial charge in [0.05, 0.1) is 30.7 Å². The van der Waals surface area contributed by atoms with Crippen LogP contribution in [0.4, 0.5) is 5.69 Å². The van der Waals surface area contributed by atoms with Gasteiger partial charge in [-0.1, -0.05) is 54.1 Å². The molecule has 1 saturated heterocycles. The van der Waals surface area contributed by atoms with Crippen molar-refractivity contribution in [1.82, 2.24) is 4.90 Å². The third-order valence-corrected chi connectivity index (χ3v) is 6.16. The molecule has 1 aliphatic carbocycles. The number of ether oxygens (including phenoxy) is 1. The Hall–Kier alpha value is -2.96. The van der Waals surface area contributed by atoms with Crippen LogP contribution in [0.15, 0.2) is 60.7 Å². The van der Waals surface area contributed by atoms with Crippen molar-refractivity contribution in [2.75, 3.05) is 31.6 Å². The first kappa shape index (κ1) is 22.2. The molecule has 166 valence electrons. The Balaban J connectivity index is 1.55. The van der Waals surface area contributed by atoms with Crippen LogP contribution >= 0.6 is 11.6 Å². The molecule has 0 saturated carbocycles. The van der Waals surface area contributed by atoms with Crippen LogP contribution < -0.4 is 5.32 Å². The third kappa shape index (κ3) is 4.92. The number of nitrogens with one attached hydrogen (secondary N) is 1. The number of hydrogen-bond acceptors (Lipinski definition) is 4. The molecule has 2 aliphatic rings. The monoisotopic (exact) mass is 452 g/mol. The SMILES string of the molecule is O=C(c1ccccc1)c1cc(Cl)ccc1NC(=O)C1CC=CCC1C(=O)N1CCOCC1. The summed E-state index contributed by atoms with van der Waals surface area (Å²) in [5.41, 5.74) is 1.21. The van der Waals surface area contributed by atoms with Gasteiger partial charge in [0, 0.05) is 29.2 Å². The molecule has 1 heterocycles. The smallest absolute Gasteiger partial charge is 0.228 e. The Kier molecular flexibility index (Phi) is 7.02. The van der Waals surface area contributed by atoms with Gasteiger partial charge < -0.3 is 15.0 Å². The van der Waals surface area contributed by atoms with Gasteiger partial charge in [0.2, 0.25) is 11.8 Å². The largest absolute Gasteiger partial charge is 0.378 e. The molecular formula is C25H25ClN2O4. The summed E-state index contributed by atoms with van der Waals surface area (Å²) >= 11 is 6.15. The second-order valence-electron chi connectivity index (χ2n) is 7.97. The quantitative estimate of drug-likeness (QED) is 0.550. The first-order valence-electron chi connectivity index (χ1n) is 10.8. The predicted molar refractivity (Wildman–Crippen MR) is 123 cm³/mol. The van der Waals surface area contributed by atoms with E-state index in [9.17, 15) is 14.4 Å². The third-order valence-electron chi connectivity index (χ3n) is 5.93. The highest BCUT2D eigenvalue weighted by Gasteiger charge is 2.37. The Labute approximate surface area is 192 Å². The molecule has 2 amide bonds. The van der Waals surface area contributed by atoms with Crippen molar-refractivity contribution in [3.63, 3.8) is 0 Å². The summed E-state index contributed by atoms with van der Waals surface area (Å²) in [5.74, 6) is -1.46. The van der Waals surface area contributed by atoms with E-state index in [0.717, 1.165) is 0 Å². The first-order valence-corrected chi connectivity index (χ1v) is 11.1. The molecule has 2 atom stereocenters. The zero-order chi connectivity index (χ0) is 22.5. The lowest BCUT2D eigenvalue weighted by atomic mass is 9.81. The van der Waals surface area contributed by atoms with Gasteiger partial charge in [0.1, 0.15) is 0 Å². The molecule has 7 heteroatoms. The maximum absolute atomic E-state index is 13.3. The van der Waals surface area contributed by atoms with Crippen LogP contribution in [0, 0.1) is 11.8 Å². The van der Waals surface area contributed by atoms with Crippen molar-refractivity contribution in [3.8, 4) is 0 Å². The van der Waals surface area contributed by atoms with Crippen LogP contribution in [0.5, 0.6) is 0 Å². The van der Waals surface area contributed by atoms with E-state index in [4.69, 9.17) is 16.3 Å². The summed E-state index contributed by atoms with van der Waals surface area (Å²) in [5, 5.41) is 3.30. The van der Waals surface area contributed by atoms with Gasteiger partial charge in [-0.05, 0) is 31.0 Å². The maximum atomic E-state index is 13.3. The van der Waals surface area contributed by atoms with Crippen molar-refractivity contribution >= 4 is 34.9 Å². The summed E-state index contributed by atoms with van der Waals surface area (Å²) in [7, 11) is 0. The average molecular weight is 453 g/mol. The minimum absolute atomic E-state index is 0.0190. The minimum atomic E-state index is -0.509. The van der Waals surface area contributed by atoms with Crippen molar-refractivity contribution in [2.24, 2.45) is 11.8 Å². The zero-order valence-corrected chi connectivity index (χ0v) is 18.4. The average Bonchev–Trinajstić information content (AvgIpc) is 2.85. The number of carbonyl (C=O) groups excluding carboxylic acids is 3. The molecule has 32 heavy (non-hydrogen) atoms. The van der Waals surface area contributed by atoms with Gasteiger partial charge >= 0.3 is 0 Å². The van der Waals surface area contributed by atoms with Crippen LogP contribution in [-0.2, 0) is 14.3 Å². The summed E-state index contributed by atoms with van der Waals surface area (Å²) in [6, 6.07) is 13.7. The lowest BCUT2D eigenvalue weighted by Crippen LogP contribution is -2.47. The van der Waals surface area contributed by atoms with E-state index in [0.29, 0.717) is 61.0 Å². The first-order chi connectivity index (χ1) is 15.5. The molecule has 0 aromatic heterocycles. The Morgan fingerprint density at radius 2 is 1.62 bits per heavy atom. The number of anilines is 1. The summed E-state index contributed by atoms with van der Waals surface area (Å²) in [4.78, 5) is 41.2. The highest BCUT2D eigenvalue weighted by atomic mass is 35.5. The molecular weight excluding hydrogens is 428 g/mol. The maximum Gasteiger partial charge on any atom is 0.228 e. The van der Waals surface area contributed by atoms with Gasteiger partial charge in [-0.15, -0.1) is 0 Å². The van der Waals surface area contributed by atoms with Crippen molar-refractivity contribution < 1.29 is 19.1 Å². The molecule has 0 spiro atoms. The number of allylic oxidation sites excluding steroid dienone is 2. The van der Waals surface area contributed by atoms with Crippen LogP contribution in [0.3, 0.4) is 0 Å². The van der Waals surface area contributed by atoms with Gasteiger partial charge in [0.25, 0.3) is 0 Å². The fourth-order valence-electron chi connectivity index (χ4n) is 4.18. The highest BCUT2D eigenvalue weighted by Crippen LogP contribution is 2.31. The van der Waals surface area contributed by atoms with Gasteiger partial charge in [-0.25, -0.2) is 0 Å². The fourth-order valence-corrected chi connectivity index (χ4v) is 4.35. The Morgan fingerprint density at radius 3 is 2.34 bits per heavy atom. The number of ketones is 1. The number of rotatable bonds is 5. The number of benzene rings is 2. The summed E-state index contributed by atoms with van der Waals surface area (Å²) < 4.78 is 5.34. The van der Waals surface area contributed by atoms with E-state index in [1.54, 1.807) is 47.4 Å². The molecule has 0 bridgehead atoms. The molecule has 6 nitrogen and oxygen atoms in total. The van der Waals surface area contributed by atoms with E-state index in [2.05, 4.69) is 5.32 Å². The van der Waals surface area contributed by atoms with E-state index >= 15 is 0 Å². The van der Waals surface area contributed by atoms with E-state index in [1.165, 1.54) is 0 Å². The second kappa shape index (κ2) is 10.1. The highest BCUT2D eigenvalue weighted by molar-refractivity contribution is 6.31. The summed E-state index contributed by atoms with van der Waals surface area (Å²) in [6.45, 7) is 2.11. The van der Waals surface area contributed by atoms with E-state index in [-0.39, 0.29) is 17.6 Å². The van der Waals surface area contributed by atoms with Crippen LogP contribution in [-0.4, -0.2) is 48.8 Å². The van der Waals surface area contributed by atoms with Crippen LogP contribution in [0.2, 0.25) is 5.02 Å². The van der Waals surface area contributed by atoms with Crippen molar-refractivity contribution in [2.45, 2.75) is 12.8 Å². The van der Waals surface area contributed by atoms with E-state index < -0.39 is 11.8 Å². The lowest BCUT2D eigenvalue weighted by molar-refractivity contribution is -0.144.